The van der Waals surface area contributed by atoms with Crippen LogP contribution in [-0.4, -0.2) is 19.3 Å². The molecule has 1 aromatic rings. The topological polar surface area (TPSA) is 56.5 Å². The maximum Gasteiger partial charge on any atom is 0.127 e. The Bertz CT molecular complexity index is 460. The van der Waals surface area contributed by atoms with Crippen LogP contribution in [0.2, 0.25) is 0 Å². The summed E-state index contributed by atoms with van der Waals surface area (Å²) in [5.74, 6) is 7.49. The Hall–Kier alpha value is -1.10. The number of nitrogens with one attached hydrogen (secondary N) is 1. The van der Waals surface area contributed by atoms with Crippen molar-refractivity contribution in [2.45, 2.75) is 44.8 Å². The molecular formula is C16H24N2O2. The molecule has 0 amide bonds. The molecule has 2 aliphatic rings. The zero-order valence-electron chi connectivity index (χ0n) is 12.1. The molecule has 0 bridgehead atoms. The Morgan fingerprint density at radius 1 is 1.45 bits per heavy atom. The van der Waals surface area contributed by atoms with Gasteiger partial charge < -0.3 is 9.47 Å². The van der Waals surface area contributed by atoms with Crippen LogP contribution < -0.4 is 16.0 Å². The van der Waals surface area contributed by atoms with Crippen molar-refractivity contribution >= 4 is 0 Å². The van der Waals surface area contributed by atoms with Crippen LogP contribution in [0.5, 0.6) is 5.75 Å². The highest BCUT2D eigenvalue weighted by molar-refractivity contribution is 5.45. The lowest BCUT2D eigenvalue weighted by Gasteiger charge is -2.30. The number of rotatable bonds is 6. The zero-order chi connectivity index (χ0) is 13.9. The van der Waals surface area contributed by atoms with Crippen LogP contribution in [0.3, 0.4) is 0 Å². The van der Waals surface area contributed by atoms with Gasteiger partial charge >= 0.3 is 0 Å². The SMILES string of the molecule is CCOC(C1CC1)C(NN)c1cccc2c1OCCC2. The van der Waals surface area contributed by atoms with Gasteiger partial charge in [0.25, 0.3) is 0 Å². The molecule has 4 heteroatoms. The van der Waals surface area contributed by atoms with Crippen LogP contribution in [0.25, 0.3) is 0 Å². The minimum absolute atomic E-state index is 0.00972. The zero-order valence-corrected chi connectivity index (χ0v) is 12.1. The van der Waals surface area contributed by atoms with Gasteiger partial charge in [-0.15, -0.1) is 0 Å². The molecular weight excluding hydrogens is 252 g/mol. The largest absolute Gasteiger partial charge is 0.493 e. The van der Waals surface area contributed by atoms with Crippen molar-refractivity contribution < 1.29 is 9.47 Å². The molecule has 1 aliphatic heterocycles. The van der Waals surface area contributed by atoms with Crippen molar-refractivity contribution in [3.8, 4) is 5.75 Å². The van der Waals surface area contributed by atoms with Crippen molar-refractivity contribution in [1.29, 1.82) is 0 Å². The van der Waals surface area contributed by atoms with Crippen LogP contribution in [0, 0.1) is 5.92 Å². The summed E-state index contributed by atoms with van der Waals surface area (Å²) in [5, 5.41) is 0. The molecule has 2 atom stereocenters. The Labute approximate surface area is 120 Å². The molecule has 0 aromatic heterocycles. The number of fused-ring (bicyclic) bond motifs is 1. The van der Waals surface area contributed by atoms with Gasteiger partial charge in [0.15, 0.2) is 0 Å². The number of aryl methyl sites for hydroxylation is 1. The molecule has 20 heavy (non-hydrogen) atoms. The number of para-hydroxylation sites is 1. The number of benzene rings is 1. The van der Waals surface area contributed by atoms with E-state index in [1.54, 1.807) is 0 Å². The van der Waals surface area contributed by atoms with E-state index in [4.69, 9.17) is 15.3 Å². The first-order chi connectivity index (χ1) is 9.85. The summed E-state index contributed by atoms with van der Waals surface area (Å²) < 4.78 is 11.9. The molecule has 1 aliphatic carbocycles. The van der Waals surface area contributed by atoms with Gasteiger partial charge in [0.05, 0.1) is 18.8 Å². The number of nitrogens with two attached hydrogens (primary N) is 1. The van der Waals surface area contributed by atoms with Crippen LogP contribution in [0.1, 0.15) is 43.4 Å². The van der Waals surface area contributed by atoms with E-state index in [-0.39, 0.29) is 12.1 Å². The van der Waals surface area contributed by atoms with Crippen molar-refractivity contribution in [2.75, 3.05) is 13.2 Å². The molecule has 1 saturated carbocycles. The lowest BCUT2D eigenvalue weighted by Crippen LogP contribution is -2.39. The highest BCUT2D eigenvalue weighted by Gasteiger charge is 2.39. The van der Waals surface area contributed by atoms with E-state index in [1.165, 1.54) is 18.4 Å². The van der Waals surface area contributed by atoms with Crippen molar-refractivity contribution in [1.82, 2.24) is 5.43 Å². The van der Waals surface area contributed by atoms with Gasteiger partial charge in [-0.3, -0.25) is 11.3 Å². The van der Waals surface area contributed by atoms with Gasteiger partial charge in [-0.25, -0.2) is 0 Å². The average Bonchev–Trinajstić information content (AvgIpc) is 3.32. The minimum atomic E-state index is 0.00972. The first-order valence-electron chi connectivity index (χ1n) is 7.67. The van der Waals surface area contributed by atoms with Gasteiger partial charge in [-0.05, 0) is 44.1 Å². The number of ether oxygens (including phenoxy) is 2. The second-order valence-corrected chi connectivity index (χ2v) is 5.69. The summed E-state index contributed by atoms with van der Waals surface area (Å²) >= 11 is 0. The lowest BCUT2D eigenvalue weighted by atomic mass is 9.93. The predicted molar refractivity (Wildman–Crippen MR) is 78.5 cm³/mol. The smallest absolute Gasteiger partial charge is 0.127 e. The summed E-state index contributed by atoms with van der Waals surface area (Å²) in [6.07, 6.45) is 4.79. The van der Waals surface area contributed by atoms with Gasteiger partial charge in [-0.2, -0.15) is 0 Å². The maximum atomic E-state index is 5.97. The van der Waals surface area contributed by atoms with E-state index in [1.807, 2.05) is 6.92 Å². The van der Waals surface area contributed by atoms with E-state index < -0.39 is 0 Å². The average molecular weight is 276 g/mol. The predicted octanol–water partition coefficient (Wildman–Crippen LogP) is 2.33. The quantitative estimate of drug-likeness (QED) is 0.618. The fraction of sp³-hybridized carbons (Fsp3) is 0.625. The monoisotopic (exact) mass is 276 g/mol. The van der Waals surface area contributed by atoms with Crippen molar-refractivity contribution in [3.63, 3.8) is 0 Å². The molecule has 3 rings (SSSR count). The highest BCUT2D eigenvalue weighted by atomic mass is 16.5. The van der Waals surface area contributed by atoms with Crippen LogP contribution in [-0.2, 0) is 11.2 Å². The molecule has 1 heterocycles. The second kappa shape index (κ2) is 6.12. The molecule has 2 unspecified atom stereocenters. The van der Waals surface area contributed by atoms with Crippen LogP contribution in [0.15, 0.2) is 18.2 Å². The minimum Gasteiger partial charge on any atom is -0.493 e. The van der Waals surface area contributed by atoms with E-state index in [9.17, 15) is 0 Å². The normalized spacial score (nSPS) is 20.9. The van der Waals surface area contributed by atoms with Crippen LogP contribution >= 0.6 is 0 Å². The second-order valence-electron chi connectivity index (χ2n) is 5.69. The Morgan fingerprint density at radius 3 is 3.00 bits per heavy atom. The molecule has 0 saturated heterocycles. The van der Waals surface area contributed by atoms with Gasteiger partial charge in [0.1, 0.15) is 5.75 Å². The molecule has 0 spiro atoms. The molecule has 3 N–H and O–H groups in total. The summed E-state index contributed by atoms with van der Waals surface area (Å²) in [5.41, 5.74) is 5.41. The summed E-state index contributed by atoms with van der Waals surface area (Å²) in [7, 11) is 0. The Kier molecular flexibility index (Phi) is 4.24. The molecule has 0 radical (unpaired) electrons. The van der Waals surface area contributed by atoms with Gasteiger partial charge in [0, 0.05) is 12.2 Å². The summed E-state index contributed by atoms with van der Waals surface area (Å²) in [6, 6.07) is 6.38. The Morgan fingerprint density at radius 2 is 2.30 bits per heavy atom. The molecule has 1 fully saturated rings. The summed E-state index contributed by atoms with van der Waals surface area (Å²) in [4.78, 5) is 0. The third-order valence-electron chi connectivity index (χ3n) is 4.25. The van der Waals surface area contributed by atoms with E-state index in [0.29, 0.717) is 5.92 Å². The standard InChI is InChI=1S/C16H24N2O2/c1-2-19-16(12-8-9-12)14(18-17)13-7-3-5-11-6-4-10-20-15(11)13/h3,5,7,12,14,16,18H,2,4,6,8-10,17H2,1H3. The fourth-order valence-electron chi connectivity index (χ4n) is 3.14. The van der Waals surface area contributed by atoms with E-state index in [2.05, 4.69) is 23.6 Å². The highest BCUT2D eigenvalue weighted by Crippen LogP contribution is 2.43. The van der Waals surface area contributed by atoms with Gasteiger partial charge in [0.2, 0.25) is 0 Å². The summed E-state index contributed by atoms with van der Waals surface area (Å²) in [6.45, 7) is 3.55. The number of hydrogen-bond acceptors (Lipinski definition) is 4. The molecule has 1 aromatic carbocycles. The van der Waals surface area contributed by atoms with E-state index in [0.717, 1.165) is 37.4 Å². The lowest BCUT2D eigenvalue weighted by molar-refractivity contribution is 0.0177. The van der Waals surface area contributed by atoms with Crippen molar-refractivity contribution in [3.05, 3.63) is 29.3 Å². The number of hydrogen-bond donors (Lipinski definition) is 2. The first-order valence-corrected chi connectivity index (χ1v) is 7.67. The Balaban J connectivity index is 1.91. The van der Waals surface area contributed by atoms with Gasteiger partial charge in [-0.1, -0.05) is 18.2 Å². The third-order valence-corrected chi connectivity index (χ3v) is 4.25. The molecule has 110 valence electrons. The maximum absolute atomic E-state index is 5.97. The van der Waals surface area contributed by atoms with E-state index >= 15 is 0 Å². The van der Waals surface area contributed by atoms with Crippen molar-refractivity contribution in [2.24, 2.45) is 11.8 Å². The molecule has 4 nitrogen and oxygen atoms in total. The first kappa shape index (κ1) is 13.9. The van der Waals surface area contributed by atoms with Crippen LogP contribution in [0.4, 0.5) is 0 Å². The third kappa shape index (κ3) is 2.68. The number of hydrazine groups is 1. The fourth-order valence-corrected chi connectivity index (χ4v) is 3.14.